The molecule has 0 bridgehead atoms. The highest BCUT2D eigenvalue weighted by Crippen LogP contribution is 2.21. The number of rotatable bonds is 6. The Labute approximate surface area is 159 Å². The molecule has 138 valence electrons. The highest BCUT2D eigenvalue weighted by molar-refractivity contribution is 7.93. The molecular weight excluding hydrogens is 388 g/mol. The molecule has 0 saturated carbocycles. The van der Waals surface area contributed by atoms with Crippen LogP contribution in [0.3, 0.4) is 0 Å². The molecule has 2 aromatic heterocycles. The molecule has 0 aliphatic rings. The lowest BCUT2D eigenvalue weighted by molar-refractivity contribution is -0.115. The topological polar surface area (TPSA) is 130 Å². The van der Waals surface area contributed by atoms with E-state index in [1.54, 1.807) is 30.6 Å². The van der Waals surface area contributed by atoms with Crippen molar-refractivity contribution in [2.75, 3.05) is 10.0 Å². The zero-order valence-corrected chi connectivity index (χ0v) is 15.7. The van der Waals surface area contributed by atoms with Crippen LogP contribution in [-0.2, 0) is 28.3 Å². The number of nitrogens with one attached hydrogen (secondary N) is 2. The highest BCUT2D eigenvalue weighted by Gasteiger charge is 2.17. The fraction of sp³-hybridized carbons (Fsp3) is 0.125. The molecule has 0 atom stereocenters. The number of hydrogen-bond donors (Lipinski definition) is 2. The second-order valence-corrected chi connectivity index (χ2v) is 7.97. The van der Waals surface area contributed by atoms with Gasteiger partial charge in [0, 0.05) is 12.4 Å². The van der Waals surface area contributed by atoms with E-state index in [0.29, 0.717) is 11.5 Å². The number of carbonyl (C=O) groups is 1. The molecule has 2 heterocycles. The van der Waals surface area contributed by atoms with E-state index in [9.17, 15) is 13.2 Å². The van der Waals surface area contributed by atoms with E-state index in [1.165, 1.54) is 23.0 Å². The van der Waals surface area contributed by atoms with E-state index in [0.717, 1.165) is 11.3 Å². The first kappa shape index (κ1) is 18.6. The molecule has 1 aromatic carbocycles. The predicted molar refractivity (Wildman–Crippen MR) is 99.6 cm³/mol. The molecule has 0 spiro atoms. The van der Waals surface area contributed by atoms with Gasteiger partial charge in [0.2, 0.25) is 5.91 Å². The number of nitriles is 1. The lowest BCUT2D eigenvalue weighted by Crippen LogP contribution is -2.18. The average Bonchev–Trinajstić information content (AvgIpc) is 3.22. The number of sulfonamides is 1. The summed E-state index contributed by atoms with van der Waals surface area (Å²) in [5, 5.41) is 17.3. The second kappa shape index (κ2) is 7.56. The van der Waals surface area contributed by atoms with Crippen LogP contribution >= 0.6 is 11.3 Å². The number of benzene rings is 1. The third-order valence-electron chi connectivity index (χ3n) is 3.49. The lowest BCUT2D eigenvalue weighted by atomic mass is 10.3. The molecular formula is C16H14N6O3S2. The van der Waals surface area contributed by atoms with Gasteiger partial charge in [-0.15, -0.1) is 11.3 Å². The Morgan fingerprint density at radius 1 is 1.33 bits per heavy atom. The van der Waals surface area contributed by atoms with Crippen molar-refractivity contribution < 1.29 is 13.2 Å². The third kappa shape index (κ3) is 4.30. The molecule has 0 aliphatic carbocycles. The summed E-state index contributed by atoms with van der Waals surface area (Å²) in [5.41, 5.74) is 0.657. The molecule has 27 heavy (non-hydrogen) atoms. The predicted octanol–water partition coefficient (Wildman–Crippen LogP) is 1.73. The van der Waals surface area contributed by atoms with Crippen molar-refractivity contribution in [3.05, 3.63) is 53.2 Å². The van der Waals surface area contributed by atoms with Crippen molar-refractivity contribution in [1.29, 1.82) is 5.26 Å². The Bertz CT molecular complexity index is 1110. The molecule has 3 aromatic rings. The number of nitrogens with zero attached hydrogens (tertiary/aromatic N) is 4. The molecule has 11 heteroatoms. The third-order valence-corrected chi connectivity index (χ3v) is 5.78. The maximum absolute atomic E-state index is 12.3. The van der Waals surface area contributed by atoms with Crippen molar-refractivity contribution in [3.8, 4) is 6.07 Å². The van der Waals surface area contributed by atoms with Gasteiger partial charge in [-0.2, -0.15) is 10.4 Å². The standard InChI is InChI=1S/C16H14N6O3S2/c1-22-15(11(8-17)9-18-22)20-14(23)7-12-10-26-16(19-12)21-27(24,25)13-5-3-2-4-6-13/h2-6,9-10H,7H2,1H3,(H,19,21)(H,20,23). The number of aromatic nitrogens is 3. The minimum Gasteiger partial charge on any atom is -0.309 e. The molecule has 0 radical (unpaired) electrons. The van der Waals surface area contributed by atoms with Gasteiger partial charge >= 0.3 is 0 Å². The van der Waals surface area contributed by atoms with Gasteiger partial charge in [-0.3, -0.25) is 14.2 Å². The summed E-state index contributed by atoms with van der Waals surface area (Å²) in [6.45, 7) is 0. The number of hydrogen-bond acceptors (Lipinski definition) is 7. The molecule has 0 saturated heterocycles. The maximum Gasteiger partial charge on any atom is 0.263 e. The van der Waals surface area contributed by atoms with Crippen LogP contribution in [0.1, 0.15) is 11.3 Å². The summed E-state index contributed by atoms with van der Waals surface area (Å²) < 4.78 is 28.4. The van der Waals surface area contributed by atoms with Crippen LogP contribution in [-0.4, -0.2) is 29.1 Å². The first-order chi connectivity index (χ1) is 12.9. The summed E-state index contributed by atoms with van der Waals surface area (Å²) in [4.78, 5) is 16.4. The average molecular weight is 402 g/mol. The lowest BCUT2D eigenvalue weighted by Gasteiger charge is -2.05. The summed E-state index contributed by atoms with van der Waals surface area (Å²) in [6.07, 6.45) is 1.29. The fourth-order valence-electron chi connectivity index (χ4n) is 2.22. The second-order valence-electron chi connectivity index (χ2n) is 5.43. The van der Waals surface area contributed by atoms with Gasteiger partial charge in [-0.1, -0.05) is 18.2 Å². The van der Waals surface area contributed by atoms with Gasteiger partial charge in [-0.05, 0) is 12.1 Å². The number of amides is 1. The SMILES string of the molecule is Cn1ncc(C#N)c1NC(=O)Cc1csc(NS(=O)(=O)c2ccccc2)n1. The van der Waals surface area contributed by atoms with Crippen LogP contribution in [0.15, 0.2) is 46.8 Å². The van der Waals surface area contributed by atoms with Crippen LogP contribution in [0.5, 0.6) is 0 Å². The number of carbonyl (C=O) groups excluding carboxylic acids is 1. The summed E-state index contributed by atoms with van der Waals surface area (Å²) >= 11 is 1.08. The zero-order valence-electron chi connectivity index (χ0n) is 14.1. The van der Waals surface area contributed by atoms with Crippen LogP contribution in [0.4, 0.5) is 10.9 Å². The van der Waals surface area contributed by atoms with Gasteiger partial charge < -0.3 is 5.32 Å². The molecule has 1 amide bonds. The Balaban J connectivity index is 1.67. The molecule has 0 unspecified atom stereocenters. The van der Waals surface area contributed by atoms with Crippen molar-refractivity contribution in [2.45, 2.75) is 11.3 Å². The quantitative estimate of drug-likeness (QED) is 0.646. The van der Waals surface area contributed by atoms with E-state index < -0.39 is 15.9 Å². The molecule has 0 fully saturated rings. The monoisotopic (exact) mass is 402 g/mol. The van der Waals surface area contributed by atoms with Crippen molar-refractivity contribution in [3.63, 3.8) is 0 Å². The Morgan fingerprint density at radius 3 is 2.78 bits per heavy atom. The van der Waals surface area contributed by atoms with E-state index in [2.05, 4.69) is 20.1 Å². The minimum atomic E-state index is -3.73. The van der Waals surface area contributed by atoms with Crippen molar-refractivity contribution in [2.24, 2.45) is 7.05 Å². The maximum atomic E-state index is 12.3. The Hall–Kier alpha value is -3.23. The van der Waals surface area contributed by atoms with Crippen molar-refractivity contribution in [1.82, 2.24) is 14.8 Å². The summed E-state index contributed by atoms with van der Waals surface area (Å²) in [6, 6.07) is 9.87. The van der Waals surface area contributed by atoms with Crippen LogP contribution < -0.4 is 10.0 Å². The van der Waals surface area contributed by atoms with Gasteiger partial charge in [-0.25, -0.2) is 13.4 Å². The largest absolute Gasteiger partial charge is 0.309 e. The van der Waals surface area contributed by atoms with Crippen LogP contribution in [0, 0.1) is 11.3 Å². The normalized spacial score (nSPS) is 11.0. The van der Waals surface area contributed by atoms with Gasteiger partial charge in [0.25, 0.3) is 10.0 Å². The fourth-order valence-corrected chi connectivity index (χ4v) is 4.20. The summed E-state index contributed by atoms with van der Waals surface area (Å²) in [7, 11) is -2.13. The van der Waals surface area contributed by atoms with E-state index >= 15 is 0 Å². The van der Waals surface area contributed by atoms with E-state index in [1.807, 2.05) is 6.07 Å². The summed E-state index contributed by atoms with van der Waals surface area (Å²) in [5.74, 6) is -0.0967. The highest BCUT2D eigenvalue weighted by atomic mass is 32.2. The van der Waals surface area contributed by atoms with Gasteiger partial charge in [0.05, 0.1) is 23.2 Å². The first-order valence-corrected chi connectivity index (χ1v) is 9.99. The first-order valence-electron chi connectivity index (χ1n) is 7.63. The van der Waals surface area contributed by atoms with Crippen molar-refractivity contribution >= 4 is 38.2 Å². The Morgan fingerprint density at radius 2 is 2.07 bits per heavy atom. The molecule has 3 rings (SSSR count). The molecule has 9 nitrogen and oxygen atoms in total. The van der Waals surface area contributed by atoms with E-state index in [4.69, 9.17) is 5.26 Å². The van der Waals surface area contributed by atoms with Crippen LogP contribution in [0.25, 0.3) is 0 Å². The van der Waals surface area contributed by atoms with Gasteiger partial charge in [0.1, 0.15) is 17.5 Å². The Kier molecular flexibility index (Phi) is 5.20. The zero-order chi connectivity index (χ0) is 19.4. The smallest absolute Gasteiger partial charge is 0.263 e. The number of aryl methyl sites for hydroxylation is 1. The number of thiazole rings is 1. The minimum absolute atomic E-state index is 0.0698. The van der Waals surface area contributed by atoms with Crippen LogP contribution in [0.2, 0.25) is 0 Å². The molecule has 0 aliphatic heterocycles. The molecule has 2 N–H and O–H groups in total. The van der Waals surface area contributed by atoms with E-state index in [-0.39, 0.29) is 22.0 Å². The van der Waals surface area contributed by atoms with Gasteiger partial charge in [0.15, 0.2) is 5.13 Å². The number of anilines is 2.